The van der Waals surface area contributed by atoms with E-state index in [1.165, 1.54) is 0 Å². The molecule has 0 bridgehead atoms. The van der Waals surface area contributed by atoms with Crippen LogP contribution in [0.4, 0.5) is 0 Å². The van der Waals surface area contributed by atoms with Crippen LogP contribution in [0.15, 0.2) is 6.58 Å². The molecule has 1 aromatic carbocycles. The zero-order valence-corrected chi connectivity index (χ0v) is 13.9. The van der Waals surface area contributed by atoms with Crippen LogP contribution in [0.5, 0.6) is 5.75 Å². The molecule has 0 saturated heterocycles. The number of aldehydes is 1. The quantitative estimate of drug-likeness (QED) is 0.803. The van der Waals surface area contributed by atoms with Crippen LogP contribution >= 0.6 is 0 Å². The fraction of sp³-hybridized carbons (Fsp3) is 0.500. The molecule has 3 nitrogen and oxygen atoms in total. The average Bonchev–Trinajstić information content (AvgIpc) is 3.05. The monoisotopic (exact) mass is 310 g/mol. The van der Waals surface area contributed by atoms with Crippen LogP contribution in [0, 0.1) is 24.2 Å². The van der Waals surface area contributed by atoms with Crippen molar-refractivity contribution < 1.29 is 14.7 Å². The molecule has 0 heterocycles. The van der Waals surface area contributed by atoms with Gasteiger partial charge < -0.3 is 9.90 Å². The van der Waals surface area contributed by atoms with E-state index in [0.717, 1.165) is 47.0 Å². The van der Waals surface area contributed by atoms with E-state index >= 15 is 0 Å². The predicted octanol–water partition coefficient (Wildman–Crippen LogP) is 3.80. The fourth-order valence-electron chi connectivity index (χ4n) is 5.05. The number of benzene rings is 1. The predicted molar refractivity (Wildman–Crippen MR) is 88.7 cm³/mol. The van der Waals surface area contributed by atoms with Crippen LogP contribution in [0.25, 0.3) is 5.57 Å². The molecule has 23 heavy (non-hydrogen) atoms. The number of phenols is 1. The molecule has 3 aliphatic rings. The summed E-state index contributed by atoms with van der Waals surface area (Å²) in [6, 6.07) is 0. The Morgan fingerprint density at radius 2 is 2.04 bits per heavy atom. The first-order chi connectivity index (χ1) is 10.8. The number of fused-ring (bicyclic) bond motifs is 5. The van der Waals surface area contributed by atoms with Crippen molar-refractivity contribution in [3.05, 3.63) is 34.4 Å². The van der Waals surface area contributed by atoms with Crippen LogP contribution < -0.4 is 0 Å². The summed E-state index contributed by atoms with van der Waals surface area (Å²) < 4.78 is 0. The molecule has 0 amide bonds. The standard InChI is InChI=1S/C20H22O3/c1-9-5-6-13-17(20(13,4)8-21)15-11(3)19(23)12-7-10(2)18(22)16(12)14(9)15/h8,10,13,17,23H,1,5-7H2,2-4H3/t10-,13-,17-,20+/m0/s1. The number of Topliss-reactive ketones (excluding diaryl/α,β-unsaturated/α-hetero) is 1. The van der Waals surface area contributed by atoms with Gasteiger partial charge in [-0.2, -0.15) is 0 Å². The third kappa shape index (κ3) is 1.60. The van der Waals surface area contributed by atoms with Crippen molar-refractivity contribution in [1.82, 2.24) is 0 Å². The van der Waals surface area contributed by atoms with Crippen molar-refractivity contribution in [2.45, 2.75) is 46.0 Å². The molecule has 4 rings (SSSR count). The molecule has 0 radical (unpaired) electrons. The van der Waals surface area contributed by atoms with Gasteiger partial charge in [0.1, 0.15) is 12.0 Å². The zero-order chi connectivity index (χ0) is 16.7. The van der Waals surface area contributed by atoms with E-state index in [4.69, 9.17) is 0 Å². The number of phenolic OH excluding ortho intramolecular Hbond substituents is 1. The number of aromatic hydroxyl groups is 1. The Hall–Kier alpha value is -1.90. The molecule has 3 aliphatic carbocycles. The highest BCUT2D eigenvalue weighted by molar-refractivity contribution is 6.07. The maximum atomic E-state index is 12.7. The number of rotatable bonds is 1. The van der Waals surface area contributed by atoms with Crippen LogP contribution in [0.3, 0.4) is 0 Å². The summed E-state index contributed by atoms with van der Waals surface area (Å²) in [6.45, 7) is 10.1. The number of hydrogen-bond donors (Lipinski definition) is 1. The van der Waals surface area contributed by atoms with E-state index in [0.29, 0.717) is 17.9 Å². The second kappa shape index (κ2) is 4.34. The average molecular weight is 310 g/mol. The molecule has 0 aliphatic heterocycles. The maximum Gasteiger partial charge on any atom is 0.167 e. The van der Waals surface area contributed by atoms with Crippen molar-refractivity contribution in [2.24, 2.45) is 17.3 Å². The van der Waals surface area contributed by atoms with E-state index in [2.05, 4.69) is 6.58 Å². The Balaban J connectivity index is 2.06. The number of carbonyl (C=O) groups excluding carboxylic acids is 2. The van der Waals surface area contributed by atoms with Crippen molar-refractivity contribution in [2.75, 3.05) is 0 Å². The topological polar surface area (TPSA) is 54.4 Å². The first-order valence-electron chi connectivity index (χ1n) is 8.39. The van der Waals surface area contributed by atoms with Crippen molar-refractivity contribution in [3.8, 4) is 5.75 Å². The Morgan fingerprint density at radius 1 is 1.35 bits per heavy atom. The third-order valence-electron chi connectivity index (χ3n) is 6.51. The molecular weight excluding hydrogens is 288 g/mol. The molecule has 1 saturated carbocycles. The summed E-state index contributed by atoms with van der Waals surface area (Å²) >= 11 is 0. The minimum atomic E-state index is -0.367. The molecule has 1 N–H and O–H groups in total. The van der Waals surface area contributed by atoms with Crippen molar-refractivity contribution in [3.63, 3.8) is 0 Å². The molecular formula is C20H22O3. The molecule has 0 spiro atoms. The van der Waals surface area contributed by atoms with E-state index < -0.39 is 0 Å². The summed E-state index contributed by atoms with van der Waals surface area (Å²) in [4.78, 5) is 24.4. The largest absolute Gasteiger partial charge is 0.507 e. The Bertz CT molecular complexity index is 789. The smallest absolute Gasteiger partial charge is 0.167 e. The van der Waals surface area contributed by atoms with Gasteiger partial charge in [-0.15, -0.1) is 0 Å². The zero-order valence-electron chi connectivity index (χ0n) is 13.9. The van der Waals surface area contributed by atoms with Gasteiger partial charge in [-0.1, -0.05) is 20.4 Å². The number of ketones is 1. The van der Waals surface area contributed by atoms with E-state index in [9.17, 15) is 14.7 Å². The highest BCUT2D eigenvalue weighted by atomic mass is 16.3. The lowest BCUT2D eigenvalue weighted by Gasteiger charge is -2.20. The Morgan fingerprint density at radius 3 is 2.70 bits per heavy atom. The first-order valence-corrected chi connectivity index (χ1v) is 8.39. The Kier molecular flexibility index (Phi) is 2.77. The first kappa shape index (κ1) is 14.7. The lowest BCUT2D eigenvalue weighted by molar-refractivity contribution is -0.112. The third-order valence-corrected chi connectivity index (χ3v) is 6.51. The second-order valence-electron chi connectivity index (χ2n) is 7.80. The van der Waals surface area contributed by atoms with Gasteiger partial charge in [0.05, 0.1) is 0 Å². The number of allylic oxidation sites excluding steroid dienone is 1. The molecule has 0 unspecified atom stereocenters. The molecule has 0 aromatic heterocycles. The van der Waals surface area contributed by atoms with Gasteiger partial charge in [0.15, 0.2) is 5.78 Å². The molecule has 4 atom stereocenters. The summed E-state index contributed by atoms with van der Waals surface area (Å²) in [5, 5.41) is 10.7. The van der Waals surface area contributed by atoms with Crippen molar-refractivity contribution >= 4 is 17.6 Å². The summed E-state index contributed by atoms with van der Waals surface area (Å²) in [5.41, 5.74) is 4.88. The number of hydrogen-bond acceptors (Lipinski definition) is 3. The highest BCUT2D eigenvalue weighted by Gasteiger charge is 2.63. The lowest BCUT2D eigenvalue weighted by atomic mass is 9.83. The van der Waals surface area contributed by atoms with Crippen LogP contribution in [0.1, 0.15) is 65.2 Å². The van der Waals surface area contributed by atoms with Crippen molar-refractivity contribution in [1.29, 1.82) is 0 Å². The summed E-state index contributed by atoms with van der Waals surface area (Å²) in [5.74, 6) is 0.673. The van der Waals surface area contributed by atoms with Gasteiger partial charge in [0, 0.05) is 28.4 Å². The van der Waals surface area contributed by atoms with Crippen LogP contribution in [-0.2, 0) is 11.2 Å². The van der Waals surface area contributed by atoms with Gasteiger partial charge in [-0.3, -0.25) is 4.79 Å². The Labute approximate surface area is 136 Å². The molecule has 120 valence electrons. The van der Waals surface area contributed by atoms with Gasteiger partial charge in [-0.05, 0) is 54.4 Å². The van der Waals surface area contributed by atoms with E-state index in [-0.39, 0.29) is 28.8 Å². The minimum absolute atomic E-state index is 0.0923. The molecule has 1 fully saturated rings. The van der Waals surface area contributed by atoms with Crippen LogP contribution in [-0.4, -0.2) is 17.2 Å². The second-order valence-corrected chi connectivity index (χ2v) is 7.80. The van der Waals surface area contributed by atoms with E-state index in [1.54, 1.807) is 0 Å². The highest BCUT2D eigenvalue weighted by Crippen LogP contribution is 2.69. The normalized spacial score (nSPS) is 34.5. The van der Waals surface area contributed by atoms with Gasteiger partial charge >= 0.3 is 0 Å². The fourth-order valence-corrected chi connectivity index (χ4v) is 5.05. The summed E-state index contributed by atoms with van der Waals surface area (Å²) in [7, 11) is 0. The van der Waals surface area contributed by atoms with Crippen LogP contribution in [0.2, 0.25) is 0 Å². The minimum Gasteiger partial charge on any atom is -0.507 e. The molecule has 1 aromatic rings. The van der Waals surface area contributed by atoms with E-state index in [1.807, 2.05) is 20.8 Å². The summed E-state index contributed by atoms with van der Waals surface area (Å²) in [6.07, 6.45) is 3.40. The lowest BCUT2D eigenvalue weighted by Crippen LogP contribution is -2.11. The van der Waals surface area contributed by atoms with Gasteiger partial charge in [0.25, 0.3) is 0 Å². The van der Waals surface area contributed by atoms with Gasteiger partial charge in [0.2, 0.25) is 0 Å². The SMILES string of the molecule is C=C1CC[C@H]2[C@@H](c3c(C)c(O)c4c(c31)C(=O)[C@@H](C)C4)[C@]2(C)C=O. The molecule has 3 heteroatoms. The maximum absolute atomic E-state index is 12.7. The number of carbonyl (C=O) groups is 2. The van der Waals surface area contributed by atoms with Gasteiger partial charge in [-0.25, -0.2) is 0 Å².